The summed E-state index contributed by atoms with van der Waals surface area (Å²) in [6.45, 7) is 0. The molecule has 2 atom stereocenters. The first-order chi connectivity index (χ1) is 17.1. The third-order valence-electron chi connectivity index (χ3n) is 5.47. The highest BCUT2D eigenvalue weighted by Gasteiger charge is 2.48. The SMILES string of the molecule is N#CC1(NC(=O)[C@H](CS(=O)(=O)Cc2ccccc2OC(F)(F)F)N[C@@H](c2ccccc2)C(F)(F)F)CC1. The first-order valence-corrected chi connectivity index (χ1v) is 12.6. The van der Waals surface area contributed by atoms with E-state index in [1.54, 1.807) is 0 Å². The molecule has 7 nitrogen and oxygen atoms in total. The van der Waals surface area contributed by atoms with Gasteiger partial charge >= 0.3 is 12.5 Å². The van der Waals surface area contributed by atoms with E-state index in [1.807, 2.05) is 11.4 Å². The lowest BCUT2D eigenvalue weighted by atomic mass is 10.1. The molecule has 0 spiro atoms. The second-order valence-corrected chi connectivity index (χ2v) is 10.6. The van der Waals surface area contributed by atoms with Crippen molar-refractivity contribution >= 4 is 15.7 Å². The van der Waals surface area contributed by atoms with Gasteiger partial charge in [0.2, 0.25) is 5.91 Å². The van der Waals surface area contributed by atoms with Gasteiger partial charge in [-0.1, -0.05) is 48.5 Å². The average Bonchev–Trinajstić information content (AvgIpc) is 3.56. The summed E-state index contributed by atoms with van der Waals surface area (Å²) < 4.78 is 110. The Morgan fingerprint density at radius 2 is 1.62 bits per heavy atom. The van der Waals surface area contributed by atoms with Crippen LogP contribution in [-0.4, -0.2) is 44.2 Å². The van der Waals surface area contributed by atoms with Crippen LogP contribution < -0.4 is 15.4 Å². The quantitative estimate of drug-likeness (QED) is 0.435. The number of hydrogen-bond acceptors (Lipinski definition) is 6. The third kappa shape index (κ3) is 8.09. The number of ether oxygens (including phenoxy) is 1. The van der Waals surface area contributed by atoms with Crippen molar-refractivity contribution in [3.8, 4) is 11.8 Å². The standard InChI is InChI=1S/C23H21F6N3O4S/c24-22(25,26)19(15-6-2-1-3-7-15)31-17(20(33)32-21(14-30)10-11-21)13-37(34,35)12-16-8-4-5-9-18(16)36-23(27,28)29/h1-9,17,19,31H,10-13H2,(H,32,33)/t17-,19-/m0/s1. The predicted molar refractivity (Wildman–Crippen MR) is 118 cm³/mol. The molecule has 200 valence electrons. The minimum Gasteiger partial charge on any atom is -0.405 e. The number of hydrogen-bond donors (Lipinski definition) is 2. The minimum absolute atomic E-state index is 0.234. The van der Waals surface area contributed by atoms with E-state index in [9.17, 15) is 44.8 Å². The molecular weight excluding hydrogens is 528 g/mol. The molecule has 1 fully saturated rings. The topological polar surface area (TPSA) is 108 Å². The lowest BCUT2D eigenvalue weighted by Gasteiger charge is -2.28. The number of sulfone groups is 1. The van der Waals surface area contributed by atoms with E-state index in [2.05, 4.69) is 10.1 Å². The number of rotatable bonds is 10. The van der Waals surface area contributed by atoms with E-state index in [4.69, 9.17) is 0 Å². The summed E-state index contributed by atoms with van der Waals surface area (Å²) in [5.41, 5.74) is -2.00. The average molecular weight is 549 g/mol. The molecule has 0 saturated heterocycles. The fourth-order valence-corrected chi connectivity index (χ4v) is 5.12. The number of nitrogens with one attached hydrogen (secondary N) is 2. The molecule has 14 heteroatoms. The number of nitriles is 1. The normalized spacial score (nSPS) is 16.8. The van der Waals surface area contributed by atoms with Crippen molar-refractivity contribution in [1.29, 1.82) is 5.26 Å². The summed E-state index contributed by atoms with van der Waals surface area (Å²) in [4.78, 5) is 12.9. The highest BCUT2D eigenvalue weighted by atomic mass is 32.2. The Hall–Kier alpha value is -3.31. The van der Waals surface area contributed by atoms with Crippen molar-refractivity contribution in [2.45, 2.75) is 48.8 Å². The molecule has 2 aromatic rings. The van der Waals surface area contributed by atoms with Gasteiger partial charge in [-0.3, -0.25) is 10.1 Å². The summed E-state index contributed by atoms with van der Waals surface area (Å²) >= 11 is 0. The third-order valence-corrected chi connectivity index (χ3v) is 7.06. The van der Waals surface area contributed by atoms with Crippen LogP contribution in [-0.2, 0) is 20.4 Å². The van der Waals surface area contributed by atoms with Gasteiger partial charge in [-0.05, 0) is 24.5 Å². The van der Waals surface area contributed by atoms with Crippen molar-refractivity contribution in [3.63, 3.8) is 0 Å². The molecular formula is C23H21F6N3O4S. The fourth-order valence-electron chi connectivity index (χ4n) is 3.54. The Bertz CT molecular complexity index is 1260. The van der Waals surface area contributed by atoms with Gasteiger partial charge in [0, 0.05) is 5.56 Å². The Morgan fingerprint density at radius 3 is 2.16 bits per heavy atom. The Balaban J connectivity index is 1.90. The molecule has 0 aromatic heterocycles. The molecule has 0 unspecified atom stereocenters. The zero-order valence-corrected chi connectivity index (χ0v) is 19.8. The number of alkyl halides is 6. The zero-order chi connectivity index (χ0) is 27.5. The number of carbonyl (C=O) groups excluding carboxylic acids is 1. The fraction of sp³-hybridized carbons (Fsp3) is 0.391. The van der Waals surface area contributed by atoms with Gasteiger partial charge in [0.05, 0.1) is 17.6 Å². The Kier molecular flexibility index (Phi) is 8.09. The lowest BCUT2D eigenvalue weighted by molar-refractivity contribution is -0.274. The number of carbonyl (C=O) groups is 1. The number of amides is 1. The Morgan fingerprint density at radius 1 is 1.03 bits per heavy atom. The van der Waals surface area contributed by atoms with Crippen molar-refractivity contribution in [3.05, 3.63) is 65.7 Å². The molecule has 37 heavy (non-hydrogen) atoms. The molecule has 1 aliphatic rings. The molecule has 3 rings (SSSR count). The van der Waals surface area contributed by atoms with Crippen LogP contribution in [0.15, 0.2) is 54.6 Å². The maximum atomic E-state index is 13.9. The largest absolute Gasteiger partial charge is 0.573 e. The number of nitrogens with zero attached hydrogens (tertiary/aromatic N) is 1. The van der Waals surface area contributed by atoms with Crippen LogP contribution in [0, 0.1) is 11.3 Å². The van der Waals surface area contributed by atoms with Gasteiger partial charge in [-0.25, -0.2) is 8.42 Å². The smallest absolute Gasteiger partial charge is 0.405 e. The van der Waals surface area contributed by atoms with Crippen molar-refractivity contribution in [2.24, 2.45) is 0 Å². The highest BCUT2D eigenvalue weighted by molar-refractivity contribution is 7.90. The van der Waals surface area contributed by atoms with Gasteiger partial charge in [0.25, 0.3) is 0 Å². The van der Waals surface area contributed by atoms with Gasteiger partial charge in [-0.2, -0.15) is 18.4 Å². The maximum Gasteiger partial charge on any atom is 0.573 e. The predicted octanol–water partition coefficient (Wildman–Crippen LogP) is 3.93. The second kappa shape index (κ2) is 10.6. The van der Waals surface area contributed by atoms with Crippen molar-refractivity contribution < 1.29 is 44.3 Å². The maximum absolute atomic E-state index is 13.9. The van der Waals surface area contributed by atoms with E-state index < -0.39 is 68.7 Å². The van der Waals surface area contributed by atoms with Gasteiger partial charge < -0.3 is 10.1 Å². The molecule has 1 aliphatic carbocycles. The van der Waals surface area contributed by atoms with E-state index in [1.165, 1.54) is 30.3 Å². The van der Waals surface area contributed by atoms with Gasteiger partial charge in [0.15, 0.2) is 9.84 Å². The second-order valence-electron chi connectivity index (χ2n) is 8.50. The van der Waals surface area contributed by atoms with Crippen LogP contribution >= 0.6 is 0 Å². The molecule has 0 heterocycles. The minimum atomic E-state index is -5.12. The first-order valence-electron chi connectivity index (χ1n) is 10.8. The van der Waals surface area contributed by atoms with Crippen LogP contribution in [0.1, 0.15) is 30.0 Å². The van der Waals surface area contributed by atoms with E-state index in [0.29, 0.717) is 0 Å². The Labute approximate surface area is 208 Å². The van der Waals surface area contributed by atoms with Crippen LogP contribution in [0.2, 0.25) is 0 Å². The summed E-state index contributed by atoms with van der Waals surface area (Å²) in [6, 6.07) is 8.17. The molecule has 0 radical (unpaired) electrons. The summed E-state index contributed by atoms with van der Waals surface area (Å²) in [6.07, 6.45) is -9.59. The molecule has 2 N–H and O–H groups in total. The first kappa shape index (κ1) is 28.3. The van der Waals surface area contributed by atoms with Gasteiger partial charge in [0.1, 0.15) is 23.4 Å². The number of benzene rings is 2. The van der Waals surface area contributed by atoms with Gasteiger partial charge in [-0.15, -0.1) is 13.2 Å². The molecule has 2 aromatic carbocycles. The lowest BCUT2D eigenvalue weighted by Crippen LogP contribution is -2.54. The van der Waals surface area contributed by atoms with E-state index in [-0.39, 0.29) is 18.4 Å². The van der Waals surface area contributed by atoms with Crippen LogP contribution in [0.3, 0.4) is 0 Å². The van der Waals surface area contributed by atoms with Crippen molar-refractivity contribution in [1.82, 2.24) is 10.6 Å². The molecule has 0 bridgehead atoms. The van der Waals surface area contributed by atoms with E-state index in [0.717, 1.165) is 24.3 Å². The summed E-state index contributed by atoms with van der Waals surface area (Å²) in [5, 5.41) is 13.6. The van der Waals surface area contributed by atoms with E-state index >= 15 is 0 Å². The number of halogens is 6. The van der Waals surface area contributed by atoms with Crippen LogP contribution in [0.5, 0.6) is 5.75 Å². The monoisotopic (exact) mass is 549 g/mol. The molecule has 0 aliphatic heterocycles. The van der Waals surface area contributed by atoms with Crippen LogP contribution in [0.25, 0.3) is 0 Å². The highest BCUT2D eigenvalue weighted by Crippen LogP contribution is 2.36. The summed E-state index contributed by atoms with van der Waals surface area (Å²) in [7, 11) is -4.49. The zero-order valence-electron chi connectivity index (χ0n) is 18.9. The molecule has 1 amide bonds. The summed E-state index contributed by atoms with van der Waals surface area (Å²) in [5.74, 6) is -4.20. The number of para-hydroxylation sites is 1. The van der Waals surface area contributed by atoms with Crippen molar-refractivity contribution in [2.75, 3.05) is 5.75 Å². The molecule has 1 saturated carbocycles. The van der Waals surface area contributed by atoms with Crippen LogP contribution in [0.4, 0.5) is 26.3 Å².